The summed E-state index contributed by atoms with van der Waals surface area (Å²) in [5.74, 6) is -0.415. The van der Waals surface area contributed by atoms with Gasteiger partial charge in [0.1, 0.15) is 12.4 Å². The molecular weight excluding hydrogens is 437 g/mol. The smallest absolute Gasteiger partial charge is 0.407 e. The second-order valence-corrected chi connectivity index (χ2v) is 8.42. The summed E-state index contributed by atoms with van der Waals surface area (Å²) in [7, 11) is 0. The Hall–Kier alpha value is -3.78. The number of aldehydes is 1. The van der Waals surface area contributed by atoms with E-state index in [-0.39, 0.29) is 24.9 Å². The minimum Gasteiger partial charge on any atom is -0.445 e. The van der Waals surface area contributed by atoms with Crippen molar-refractivity contribution in [2.45, 2.75) is 19.6 Å². The number of carbonyl (C=O) groups is 2. The lowest BCUT2D eigenvalue weighted by atomic mass is 9.89. The first kappa shape index (κ1) is 23.4. The van der Waals surface area contributed by atoms with E-state index in [2.05, 4.69) is 10.3 Å². The van der Waals surface area contributed by atoms with Crippen molar-refractivity contribution in [1.29, 1.82) is 0 Å². The minimum absolute atomic E-state index is 0.0518. The fourth-order valence-electron chi connectivity index (χ4n) is 4.19. The van der Waals surface area contributed by atoms with Crippen LogP contribution in [0.2, 0.25) is 0 Å². The van der Waals surface area contributed by atoms with Gasteiger partial charge < -0.3 is 20.1 Å². The van der Waals surface area contributed by atoms with Gasteiger partial charge in [0, 0.05) is 37.0 Å². The molecule has 1 aromatic heterocycles. The molecule has 0 aliphatic carbocycles. The molecule has 2 N–H and O–H groups in total. The molecule has 1 amide bonds. The number of benzene rings is 2. The zero-order valence-electron chi connectivity index (χ0n) is 18.8. The van der Waals surface area contributed by atoms with E-state index in [1.165, 1.54) is 18.3 Å². The van der Waals surface area contributed by atoms with Crippen LogP contribution in [0, 0.1) is 18.7 Å². The van der Waals surface area contributed by atoms with E-state index in [1.54, 1.807) is 13.1 Å². The maximum atomic E-state index is 14.0. The van der Waals surface area contributed by atoms with Gasteiger partial charge in [0.25, 0.3) is 0 Å². The maximum absolute atomic E-state index is 14.0. The molecule has 176 valence electrons. The summed E-state index contributed by atoms with van der Waals surface area (Å²) in [6.45, 7) is 2.69. The zero-order chi connectivity index (χ0) is 24.1. The van der Waals surface area contributed by atoms with E-state index in [1.807, 2.05) is 41.3 Å². The molecule has 0 saturated carbocycles. The first-order valence-corrected chi connectivity index (χ1v) is 11.0. The summed E-state index contributed by atoms with van der Waals surface area (Å²) in [6.07, 6.45) is 3.23. The third-order valence-electron chi connectivity index (χ3n) is 5.93. The van der Waals surface area contributed by atoms with Gasteiger partial charge in [-0.1, -0.05) is 36.4 Å². The van der Waals surface area contributed by atoms with Crippen LogP contribution < -0.4 is 10.2 Å². The quantitative estimate of drug-likeness (QED) is 0.495. The van der Waals surface area contributed by atoms with Crippen molar-refractivity contribution < 1.29 is 23.8 Å². The minimum atomic E-state index is -0.602. The van der Waals surface area contributed by atoms with E-state index in [0.717, 1.165) is 17.4 Å². The topological polar surface area (TPSA) is 91.8 Å². The van der Waals surface area contributed by atoms with Crippen molar-refractivity contribution in [2.75, 3.05) is 24.6 Å². The van der Waals surface area contributed by atoms with Crippen LogP contribution in [0.3, 0.4) is 0 Å². The van der Waals surface area contributed by atoms with Crippen LogP contribution in [0.4, 0.5) is 14.9 Å². The Morgan fingerprint density at radius 2 is 2.03 bits per heavy atom. The number of nitrogens with one attached hydrogen (secondary N) is 1. The van der Waals surface area contributed by atoms with E-state index >= 15 is 0 Å². The van der Waals surface area contributed by atoms with E-state index in [4.69, 9.17) is 4.74 Å². The third kappa shape index (κ3) is 5.23. The molecule has 2 heterocycles. The summed E-state index contributed by atoms with van der Waals surface area (Å²) in [4.78, 5) is 30.1. The molecule has 0 spiro atoms. The van der Waals surface area contributed by atoms with Crippen molar-refractivity contribution in [1.82, 2.24) is 10.3 Å². The summed E-state index contributed by atoms with van der Waals surface area (Å²) in [5, 5.41) is 12.6. The Morgan fingerprint density at radius 1 is 1.26 bits per heavy atom. The molecule has 8 heteroatoms. The van der Waals surface area contributed by atoms with Crippen LogP contribution in [-0.4, -0.2) is 48.2 Å². The number of halogens is 1. The molecule has 1 atom stereocenters. The summed E-state index contributed by atoms with van der Waals surface area (Å²) < 4.78 is 19.3. The molecule has 34 heavy (non-hydrogen) atoms. The summed E-state index contributed by atoms with van der Waals surface area (Å²) in [5.41, 5.74) is 3.97. The molecule has 1 aliphatic rings. The van der Waals surface area contributed by atoms with Gasteiger partial charge in [0.05, 0.1) is 23.9 Å². The molecule has 0 bridgehead atoms. The van der Waals surface area contributed by atoms with E-state index in [0.29, 0.717) is 35.5 Å². The lowest BCUT2D eigenvalue weighted by Gasteiger charge is -2.45. The highest BCUT2D eigenvalue weighted by Crippen LogP contribution is 2.37. The van der Waals surface area contributed by atoms with Gasteiger partial charge in [-0.2, -0.15) is 0 Å². The molecule has 1 aliphatic heterocycles. The van der Waals surface area contributed by atoms with Gasteiger partial charge in [0.15, 0.2) is 6.29 Å². The SMILES string of the molecule is Cc1cc(F)cc(-c2cncc(C=O)c2N2CC(C(CO)NC(=O)OCc3ccccc3)C2)c1. The van der Waals surface area contributed by atoms with Crippen LogP contribution in [0.1, 0.15) is 21.5 Å². The monoisotopic (exact) mass is 463 g/mol. The number of alkyl carbamates (subject to hydrolysis) is 1. The number of hydrogen-bond acceptors (Lipinski definition) is 6. The van der Waals surface area contributed by atoms with E-state index in [9.17, 15) is 19.1 Å². The Labute approximate surface area is 197 Å². The number of carbonyl (C=O) groups excluding carboxylic acids is 2. The van der Waals surface area contributed by atoms with Crippen molar-refractivity contribution in [3.05, 3.63) is 83.4 Å². The van der Waals surface area contributed by atoms with Gasteiger partial charge in [-0.25, -0.2) is 9.18 Å². The van der Waals surface area contributed by atoms with Crippen molar-refractivity contribution >= 4 is 18.1 Å². The second-order valence-electron chi connectivity index (χ2n) is 8.42. The predicted octanol–water partition coefficient (Wildman–Crippen LogP) is 3.73. The van der Waals surface area contributed by atoms with Crippen molar-refractivity contribution in [2.24, 2.45) is 5.92 Å². The zero-order valence-corrected chi connectivity index (χ0v) is 18.8. The van der Waals surface area contributed by atoms with Gasteiger partial charge in [0.2, 0.25) is 0 Å². The van der Waals surface area contributed by atoms with Crippen LogP contribution in [-0.2, 0) is 11.3 Å². The lowest BCUT2D eigenvalue weighted by molar-refractivity contribution is 0.112. The molecular formula is C26H26FN3O4. The highest BCUT2D eigenvalue weighted by atomic mass is 19.1. The van der Waals surface area contributed by atoms with Crippen molar-refractivity contribution in [3.8, 4) is 11.1 Å². The molecule has 1 fully saturated rings. The van der Waals surface area contributed by atoms with Gasteiger partial charge >= 0.3 is 6.09 Å². The fourth-order valence-corrected chi connectivity index (χ4v) is 4.19. The molecule has 7 nitrogen and oxygen atoms in total. The Morgan fingerprint density at radius 3 is 2.71 bits per heavy atom. The maximum Gasteiger partial charge on any atom is 0.407 e. The van der Waals surface area contributed by atoms with Crippen LogP contribution in [0.25, 0.3) is 11.1 Å². The molecule has 0 radical (unpaired) electrons. The molecule has 1 saturated heterocycles. The van der Waals surface area contributed by atoms with Gasteiger partial charge in [-0.15, -0.1) is 0 Å². The standard InChI is InChI=1S/C26H26FN3O4/c1-17-7-19(9-22(27)8-17)23-11-28-10-20(14-31)25(23)30-12-21(13-30)24(15-32)29-26(33)34-16-18-5-3-2-4-6-18/h2-11,14,21,24,32H,12-13,15-16H2,1H3,(H,29,33). The Kier molecular flexibility index (Phi) is 7.18. The number of aryl methyl sites for hydroxylation is 1. The summed E-state index contributed by atoms with van der Waals surface area (Å²) >= 11 is 0. The average molecular weight is 464 g/mol. The van der Waals surface area contributed by atoms with E-state index < -0.39 is 12.1 Å². The number of pyridine rings is 1. The second kappa shape index (κ2) is 10.4. The Bertz CT molecular complexity index is 1150. The van der Waals surface area contributed by atoms with Crippen LogP contribution in [0.15, 0.2) is 60.9 Å². The largest absolute Gasteiger partial charge is 0.445 e. The first-order valence-electron chi connectivity index (χ1n) is 11.0. The van der Waals surface area contributed by atoms with Crippen molar-refractivity contribution in [3.63, 3.8) is 0 Å². The number of aliphatic hydroxyl groups is 1. The number of rotatable bonds is 8. The number of nitrogens with zero attached hydrogens (tertiary/aromatic N) is 2. The highest BCUT2D eigenvalue weighted by molar-refractivity contribution is 5.93. The lowest BCUT2D eigenvalue weighted by Crippen LogP contribution is -2.58. The first-order chi connectivity index (χ1) is 16.5. The van der Waals surface area contributed by atoms with Gasteiger partial charge in [-0.3, -0.25) is 9.78 Å². The number of ether oxygens (including phenoxy) is 1. The third-order valence-corrected chi connectivity index (χ3v) is 5.93. The van der Waals surface area contributed by atoms with Crippen LogP contribution in [0.5, 0.6) is 0 Å². The molecule has 1 unspecified atom stereocenters. The highest BCUT2D eigenvalue weighted by Gasteiger charge is 2.36. The van der Waals surface area contributed by atoms with Gasteiger partial charge in [-0.05, 0) is 35.7 Å². The number of aliphatic hydroxyl groups excluding tert-OH is 1. The number of hydrogen-bond donors (Lipinski definition) is 2. The molecule has 4 rings (SSSR count). The van der Waals surface area contributed by atoms with Crippen LogP contribution >= 0.6 is 0 Å². The molecule has 2 aromatic carbocycles. The predicted molar refractivity (Wildman–Crippen MR) is 126 cm³/mol. The Balaban J connectivity index is 1.44. The average Bonchev–Trinajstić information content (AvgIpc) is 2.81. The fraction of sp³-hybridized carbons (Fsp3) is 0.269. The molecule has 3 aromatic rings. The number of anilines is 1. The summed E-state index contributed by atoms with van der Waals surface area (Å²) in [6, 6.07) is 13.5. The normalized spacial score (nSPS) is 14.3. The number of aromatic nitrogens is 1. The number of amides is 1.